The van der Waals surface area contributed by atoms with Gasteiger partial charge in [-0.1, -0.05) is 12.8 Å². The minimum Gasteiger partial charge on any atom is -0.394 e. The van der Waals surface area contributed by atoms with Gasteiger partial charge in [-0.15, -0.1) is 0 Å². The summed E-state index contributed by atoms with van der Waals surface area (Å²) in [6, 6.07) is 0. The molecular formula is C12H16BrN3O3. The Hall–Kier alpha value is -1.21. The second-order valence-corrected chi connectivity index (χ2v) is 5.75. The highest BCUT2D eigenvalue weighted by Crippen LogP contribution is 2.36. The van der Waals surface area contributed by atoms with E-state index in [2.05, 4.69) is 26.2 Å². The van der Waals surface area contributed by atoms with Crippen LogP contribution in [0, 0.1) is 17.0 Å². The summed E-state index contributed by atoms with van der Waals surface area (Å²) < 4.78 is 0.585. The molecule has 0 unspecified atom stereocenters. The Balaban J connectivity index is 2.31. The van der Waals surface area contributed by atoms with Crippen molar-refractivity contribution in [3.05, 3.63) is 26.3 Å². The second kappa shape index (κ2) is 5.42. The first-order valence-corrected chi connectivity index (χ1v) is 6.97. The molecule has 1 aliphatic carbocycles. The summed E-state index contributed by atoms with van der Waals surface area (Å²) in [4.78, 5) is 14.5. The summed E-state index contributed by atoms with van der Waals surface area (Å²) in [7, 11) is 0. The van der Waals surface area contributed by atoms with Gasteiger partial charge in [0.1, 0.15) is 12.0 Å². The lowest BCUT2D eigenvalue weighted by atomic mass is 9.99. The lowest BCUT2D eigenvalue weighted by Gasteiger charge is -2.29. The summed E-state index contributed by atoms with van der Waals surface area (Å²) in [5.74, 6) is 0.555. The molecule has 1 saturated carbocycles. The number of hydrogen-bond acceptors (Lipinski definition) is 5. The van der Waals surface area contributed by atoms with Crippen molar-refractivity contribution in [2.45, 2.75) is 38.1 Å². The van der Waals surface area contributed by atoms with E-state index >= 15 is 0 Å². The molecule has 1 heterocycles. The third-order valence-corrected chi connectivity index (χ3v) is 4.65. The minimum atomic E-state index is -0.450. The molecule has 19 heavy (non-hydrogen) atoms. The Labute approximate surface area is 119 Å². The predicted molar refractivity (Wildman–Crippen MR) is 75.2 cm³/mol. The lowest BCUT2D eigenvalue weighted by molar-refractivity contribution is -0.385. The van der Waals surface area contributed by atoms with Crippen LogP contribution in [0.5, 0.6) is 0 Å². The lowest BCUT2D eigenvalue weighted by Crippen LogP contribution is -2.39. The number of nitrogens with one attached hydrogen (secondary N) is 1. The summed E-state index contributed by atoms with van der Waals surface area (Å²) in [5, 5.41) is 23.6. The van der Waals surface area contributed by atoms with Crippen molar-refractivity contribution in [3.8, 4) is 0 Å². The smallest absolute Gasteiger partial charge is 0.291 e. The number of nitro groups is 1. The molecule has 1 aromatic rings. The van der Waals surface area contributed by atoms with Gasteiger partial charge in [-0.3, -0.25) is 10.1 Å². The first-order valence-electron chi connectivity index (χ1n) is 6.18. The molecule has 7 heteroatoms. The van der Waals surface area contributed by atoms with E-state index in [1.54, 1.807) is 6.92 Å². The van der Waals surface area contributed by atoms with Crippen molar-refractivity contribution in [2.24, 2.45) is 0 Å². The molecule has 0 aliphatic heterocycles. The van der Waals surface area contributed by atoms with Gasteiger partial charge in [0, 0.05) is 5.56 Å². The van der Waals surface area contributed by atoms with Crippen LogP contribution in [0.3, 0.4) is 0 Å². The highest BCUT2D eigenvalue weighted by molar-refractivity contribution is 9.10. The van der Waals surface area contributed by atoms with Gasteiger partial charge in [0.25, 0.3) is 5.69 Å². The number of aliphatic hydroxyl groups excluding tert-OH is 1. The highest BCUT2D eigenvalue weighted by Gasteiger charge is 2.34. The van der Waals surface area contributed by atoms with Gasteiger partial charge in [-0.25, -0.2) is 4.98 Å². The van der Waals surface area contributed by atoms with Crippen LogP contribution >= 0.6 is 15.9 Å². The quantitative estimate of drug-likeness (QED) is 0.655. The molecule has 6 nitrogen and oxygen atoms in total. The summed E-state index contributed by atoms with van der Waals surface area (Å²) in [6.07, 6.45) is 5.15. The van der Waals surface area contributed by atoms with Crippen molar-refractivity contribution in [3.63, 3.8) is 0 Å². The molecule has 2 N–H and O–H groups in total. The molecule has 0 saturated heterocycles. The van der Waals surface area contributed by atoms with Gasteiger partial charge < -0.3 is 10.4 Å². The van der Waals surface area contributed by atoms with E-state index in [0.717, 1.165) is 25.7 Å². The van der Waals surface area contributed by atoms with Crippen molar-refractivity contribution >= 4 is 27.4 Å². The number of halogens is 1. The normalized spacial score (nSPS) is 17.4. The van der Waals surface area contributed by atoms with Crippen LogP contribution in [-0.4, -0.2) is 27.2 Å². The van der Waals surface area contributed by atoms with E-state index in [0.29, 0.717) is 15.9 Å². The Kier molecular flexibility index (Phi) is 4.05. The van der Waals surface area contributed by atoms with E-state index in [1.165, 1.54) is 6.20 Å². The minimum absolute atomic E-state index is 0.0121. The maximum atomic E-state index is 10.8. The zero-order chi connectivity index (χ0) is 14.0. The fourth-order valence-corrected chi connectivity index (χ4v) is 2.87. The van der Waals surface area contributed by atoms with E-state index in [9.17, 15) is 15.2 Å². The summed E-state index contributed by atoms with van der Waals surface area (Å²) in [5.41, 5.74) is 0.174. The maximum Gasteiger partial charge on any atom is 0.291 e. The number of nitrogens with zero attached hydrogens (tertiary/aromatic N) is 2. The van der Waals surface area contributed by atoms with Crippen LogP contribution in [0.2, 0.25) is 0 Å². The van der Waals surface area contributed by atoms with Gasteiger partial charge in [-0.05, 0) is 35.7 Å². The molecule has 0 aromatic carbocycles. The fraction of sp³-hybridized carbons (Fsp3) is 0.583. The van der Waals surface area contributed by atoms with Crippen molar-refractivity contribution in [1.82, 2.24) is 4.98 Å². The van der Waals surface area contributed by atoms with Crippen LogP contribution in [0.25, 0.3) is 0 Å². The Morgan fingerprint density at radius 1 is 1.58 bits per heavy atom. The van der Waals surface area contributed by atoms with Crippen molar-refractivity contribution in [2.75, 3.05) is 11.9 Å². The highest BCUT2D eigenvalue weighted by atomic mass is 79.9. The zero-order valence-corrected chi connectivity index (χ0v) is 12.2. The molecule has 0 bridgehead atoms. The van der Waals surface area contributed by atoms with Crippen LogP contribution in [0.4, 0.5) is 11.5 Å². The molecule has 0 spiro atoms. The van der Waals surface area contributed by atoms with Gasteiger partial charge >= 0.3 is 0 Å². The maximum absolute atomic E-state index is 10.8. The Morgan fingerprint density at radius 2 is 2.21 bits per heavy atom. The number of aliphatic hydroxyl groups is 1. The largest absolute Gasteiger partial charge is 0.394 e. The Bertz CT molecular complexity index is 501. The molecular weight excluding hydrogens is 314 g/mol. The van der Waals surface area contributed by atoms with E-state index in [-0.39, 0.29) is 17.8 Å². The van der Waals surface area contributed by atoms with Gasteiger partial charge in [0.15, 0.2) is 0 Å². The third-order valence-electron chi connectivity index (χ3n) is 3.68. The molecule has 0 radical (unpaired) electrons. The molecule has 1 fully saturated rings. The molecule has 2 rings (SSSR count). The van der Waals surface area contributed by atoms with E-state index < -0.39 is 4.92 Å². The average Bonchev–Trinajstić information content (AvgIpc) is 2.84. The zero-order valence-electron chi connectivity index (χ0n) is 10.6. The monoisotopic (exact) mass is 329 g/mol. The SMILES string of the molecule is Cc1c([N+](=O)[O-])cnc(NC2(CO)CCCC2)c1Br. The average molecular weight is 330 g/mol. The molecule has 0 atom stereocenters. The number of pyridine rings is 1. The van der Waals surface area contributed by atoms with Crippen LogP contribution in [0.15, 0.2) is 10.7 Å². The standard InChI is InChI=1S/C12H16BrN3O3/c1-8-9(16(18)19)6-14-11(10(8)13)15-12(7-17)4-2-3-5-12/h6,17H,2-5,7H2,1H3,(H,14,15). The molecule has 1 aliphatic rings. The Morgan fingerprint density at radius 3 is 2.74 bits per heavy atom. The first-order chi connectivity index (χ1) is 8.99. The van der Waals surface area contributed by atoms with E-state index in [4.69, 9.17) is 0 Å². The third kappa shape index (κ3) is 2.71. The topological polar surface area (TPSA) is 88.3 Å². The number of hydrogen-bond donors (Lipinski definition) is 2. The summed E-state index contributed by atoms with van der Waals surface area (Å²) >= 11 is 3.35. The van der Waals surface area contributed by atoms with Crippen LogP contribution < -0.4 is 5.32 Å². The number of rotatable bonds is 4. The first kappa shape index (κ1) is 14.2. The van der Waals surface area contributed by atoms with Gasteiger partial charge in [0.2, 0.25) is 0 Å². The van der Waals surface area contributed by atoms with Crippen molar-refractivity contribution in [1.29, 1.82) is 0 Å². The van der Waals surface area contributed by atoms with Crippen LogP contribution in [0.1, 0.15) is 31.2 Å². The molecule has 1 aromatic heterocycles. The number of anilines is 1. The molecule has 0 amide bonds. The van der Waals surface area contributed by atoms with Gasteiger partial charge in [0.05, 0.1) is 21.5 Å². The second-order valence-electron chi connectivity index (χ2n) is 4.96. The predicted octanol–water partition coefficient (Wildman–Crippen LogP) is 2.78. The fourth-order valence-electron chi connectivity index (χ4n) is 2.47. The van der Waals surface area contributed by atoms with Gasteiger partial charge in [-0.2, -0.15) is 0 Å². The molecule has 104 valence electrons. The number of aromatic nitrogens is 1. The van der Waals surface area contributed by atoms with Crippen molar-refractivity contribution < 1.29 is 10.0 Å². The summed E-state index contributed by atoms with van der Waals surface area (Å²) in [6.45, 7) is 1.71. The van der Waals surface area contributed by atoms with Crippen LogP contribution in [-0.2, 0) is 0 Å². The van der Waals surface area contributed by atoms with E-state index in [1.807, 2.05) is 0 Å².